The van der Waals surface area contributed by atoms with Crippen molar-refractivity contribution in [2.45, 2.75) is 31.3 Å². The quantitative estimate of drug-likeness (QED) is 0.498. The maximum atomic E-state index is 11.8. The molecule has 1 aliphatic rings. The van der Waals surface area contributed by atoms with Gasteiger partial charge < -0.3 is 30.1 Å². The van der Waals surface area contributed by atoms with Crippen LogP contribution in [0.2, 0.25) is 0 Å². The summed E-state index contributed by atoms with van der Waals surface area (Å²) >= 11 is 0. The van der Waals surface area contributed by atoms with Gasteiger partial charge in [0.15, 0.2) is 0 Å². The van der Waals surface area contributed by atoms with Gasteiger partial charge in [0.05, 0.1) is 25.9 Å². The summed E-state index contributed by atoms with van der Waals surface area (Å²) in [5.41, 5.74) is 0.801. The van der Waals surface area contributed by atoms with Crippen LogP contribution < -0.4 is 10.1 Å². The SMILES string of the molecule is COc1ccc(COCC(=O)N[C@@H]2C[C@H](CO)[C@@H](O)[C@H]2O)cn1. The Morgan fingerprint density at radius 1 is 1.39 bits per heavy atom. The summed E-state index contributed by atoms with van der Waals surface area (Å²) in [7, 11) is 1.53. The van der Waals surface area contributed by atoms with Crippen LogP contribution in [0.1, 0.15) is 12.0 Å². The number of ether oxygens (including phenoxy) is 2. The molecule has 8 heteroatoms. The normalized spacial score (nSPS) is 27.0. The minimum atomic E-state index is -1.08. The summed E-state index contributed by atoms with van der Waals surface area (Å²) in [6.07, 6.45) is -0.189. The fraction of sp³-hybridized carbons (Fsp3) is 0.600. The molecule has 0 aromatic carbocycles. The molecule has 0 radical (unpaired) electrons. The van der Waals surface area contributed by atoms with Crippen molar-refractivity contribution in [3.63, 3.8) is 0 Å². The molecule has 1 aliphatic carbocycles. The van der Waals surface area contributed by atoms with E-state index in [1.54, 1.807) is 18.3 Å². The van der Waals surface area contributed by atoms with Gasteiger partial charge >= 0.3 is 0 Å². The van der Waals surface area contributed by atoms with Crippen molar-refractivity contribution in [2.24, 2.45) is 5.92 Å². The largest absolute Gasteiger partial charge is 0.481 e. The molecule has 0 spiro atoms. The van der Waals surface area contributed by atoms with Crippen LogP contribution in [0.25, 0.3) is 0 Å². The Hall–Kier alpha value is -1.74. The van der Waals surface area contributed by atoms with E-state index in [9.17, 15) is 15.0 Å². The number of aliphatic hydroxyl groups is 3. The van der Waals surface area contributed by atoms with Crippen molar-refractivity contribution in [3.8, 4) is 5.88 Å². The molecule has 0 saturated heterocycles. The number of aromatic nitrogens is 1. The zero-order chi connectivity index (χ0) is 16.8. The number of aliphatic hydroxyl groups excluding tert-OH is 3. The highest BCUT2D eigenvalue weighted by atomic mass is 16.5. The summed E-state index contributed by atoms with van der Waals surface area (Å²) in [5.74, 6) is -0.318. The minimum Gasteiger partial charge on any atom is -0.481 e. The third kappa shape index (κ3) is 4.61. The van der Waals surface area contributed by atoms with Crippen LogP contribution >= 0.6 is 0 Å². The van der Waals surface area contributed by atoms with E-state index in [1.165, 1.54) is 7.11 Å². The van der Waals surface area contributed by atoms with Crippen molar-refractivity contribution < 1.29 is 29.6 Å². The van der Waals surface area contributed by atoms with E-state index >= 15 is 0 Å². The molecule has 0 unspecified atom stereocenters. The molecule has 8 nitrogen and oxygen atoms in total. The number of nitrogens with one attached hydrogen (secondary N) is 1. The smallest absolute Gasteiger partial charge is 0.246 e. The van der Waals surface area contributed by atoms with Gasteiger partial charge in [-0.3, -0.25) is 4.79 Å². The molecule has 1 saturated carbocycles. The topological polar surface area (TPSA) is 121 Å². The number of nitrogens with zero attached hydrogens (tertiary/aromatic N) is 1. The number of carbonyl (C=O) groups is 1. The third-order valence-electron chi connectivity index (χ3n) is 3.89. The van der Waals surface area contributed by atoms with Crippen molar-refractivity contribution in [2.75, 3.05) is 20.3 Å². The molecular formula is C15H22N2O6. The Morgan fingerprint density at radius 2 is 2.17 bits per heavy atom. The average Bonchev–Trinajstić information content (AvgIpc) is 2.83. The Kier molecular flexibility index (Phi) is 6.28. The van der Waals surface area contributed by atoms with Crippen LogP contribution in [0.3, 0.4) is 0 Å². The Bertz CT molecular complexity index is 509. The van der Waals surface area contributed by atoms with Gasteiger partial charge in [-0.15, -0.1) is 0 Å². The first-order valence-electron chi connectivity index (χ1n) is 7.38. The summed E-state index contributed by atoms with van der Waals surface area (Å²) < 4.78 is 10.2. The van der Waals surface area contributed by atoms with Gasteiger partial charge in [-0.05, 0) is 18.1 Å². The first-order valence-corrected chi connectivity index (χ1v) is 7.38. The molecular weight excluding hydrogens is 304 g/mol. The second-order valence-corrected chi connectivity index (χ2v) is 5.54. The summed E-state index contributed by atoms with van der Waals surface area (Å²) in [6, 6.07) is 2.90. The fourth-order valence-corrected chi connectivity index (χ4v) is 2.58. The van der Waals surface area contributed by atoms with Crippen LogP contribution in [-0.2, 0) is 16.1 Å². The molecule has 1 amide bonds. The first-order chi connectivity index (χ1) is 11.0. The third-order valence-corrected chi connectivity index (χ3v) is 3.89. The van der Waals surface area contributed by atoms with E-state index in [0.717, 1.165) is 5.56 Å². The van der Waals surface area contributed by atoms with E-state index < -0.39 is 24.2 Å². The van der Waals surface area contributed by atoms with Crippen LogP contribution in [-0.4, -0.2) is 64.8 Å². The Labute approximate surface area is 134 Å². The monoisotopic (exact) mass is 326 g/mol. The second kappa shape index (κ2) is 8.21. The lowest BCUT2D eigenvalue weighted by molar-refractivity contribution is -0.127. The molecule has 0 bridgehead atoms. The van der Waals surface area contributed by atoms with Gasteiger partial charge in [0, 0.05) is 24.8 Å². The van der Waals surface area contributed by atoms with Gasteiger partial charge in [0.1, 0.15) is 12.7 Å². The number of methoxy groups -OCH3 is 1. The van der Waals surface area contributed by atoms with Gasteiger partial charge in [0.25, 0.3) is 0 Å². The molecule has 1 aromatic heterocycles. The van der Waals surface area contributed by atoms with Crippen LogP contribution in [0.4, 0.5) is 0 Å². The number of hydrogen-bond donors (Lipinski definition) is 4. The van der Waals surface area contributed by atoms with Crippen LogP contribution in [0.5, 0.6) is 5.88 Å². The number of carbonyl (C=O) groups excluding carboxylic acids is 1. The van der Waals surface area contributed by atoms with Gasteiger partial charge in [0.2, 0.25) is 11.8 Å². The molecule has 1 aromatic rings. The lowest BCUT2D eigenvalue weighted by Gasteiger charge is -2.18. The van der Waals surface area contributed by atoms with Crippen molar-refractivity contribution >= 4 is 5.91 Å². The molecule has 4 atom stereocenters. The maximum absolute atomic E-state index is 11.8. The van der Waals surface area contributed by atoms with Crippen molar-refractivity contribution in [3.05, 3.63) is 23.9 Å². The number of amides is 1. The predicted molar refractivity (Wildman–Crippen MR) is 79.6 cm³/mol. The maximum Gasteiger partial charge on any atom is 0.246 e. The molecule has 0 aliphatic heterocycles. The van der Waals surface area contributed by atoms with E-state index in [2.05, 4.69) is 10.3 Å². The van der Waals surface area contributed by atoms with Crippen LogP contribution in [0, 0.1) is 5.92 Å². The van der Waals surface area contributed by atoms with E-state index in [4.69, 9.17) is 14.6 Å². The second-order valence-electron chi connectivity index (χ2n) is 5.54. The summed E-state index contributed by atoms with van der Waals surface area (Å²) in [5, 5.41) is 31.2. The van der Waals surface area contributed by atoms with Crippen LogP contribution in [0.15, 0.2) is 18.3 Å². The van der Waals surface area contributed by atoms with Crippen molar-refractivity contribution in [1.82, 2.24) is 10.3 Å². The highest BCUT2D eigenvalue weighted by molar-refractivity contribution is 5.77. The molecule has 1 fully saturated rings. The number of hydrogen-bond acceptors (Lipinski definition) is 7. The zero-order valence-corrected chi connectivity index (χ0v) is 12.9. The minimum absolute atomic E-state index is 0.171. The average molecular weight is 326 g/mol. The highest BCUT2D eigenvalue weighted by Gasteiger charge is 2.41. The Balaban J connectivity index is 1.72. The van der Waals surface area contributed by atoms with Gasteiger partial charge in [-0.25, -0.2) is 4.98 Å². The van der Waals surface area contributed by atoms with Crippen molar-refractivity contribution in [1.29, 1.82) is 0 Å². The number of pyridine rings is 1. The van der Waals surface area contributed by atoms with Gasteiger partial charge in [-0.1, -0.05) is 0 Å². The molecule has 2 rings (SSSR count). The van der Waals surface area contributed by atoms with E-state index in [0.29, 0.717) is 12.3 Å². The van der Waals surface area contributed by atoms with E-state index in [-0.39, 0.29) is 25.7 Å². The zero-order valence-electron chi connectivity index (χ0n) is 12.9. The van der Waals surface area contributed by atoms with Gasteiger partial charge in [-0.2, -0.15) is 0 Å². The lowest BCUT2D eigenvalue weighted by atomic mass is 10.1. The molecule has 128 valence electrons. The molecule has 1 heterocycles. The molecule has 23 heavy (non-hydrogen) atoms. The summed E-state index contributed by atoms with van der Waals surface area (Å²) in [4.78, 5) is 15.8. The summed E-state index contributed by atoms with van der Waals surface area (Å²) in [6.45, 7) is -0.180. The van der Waals surface area contributed by atoms with E-state index in [1.807, 2.05) is 0 Å². The molecule has 4 N–H and O–H groups in total. The fourth-order valence-electron chi connectivity index (χ4n) is 2.58. The highest BCUT2D eigenvalue weighted by Crippen LogP contribution is 2.26. The lowest BCUT2D eigenvalue weighted by Crippen LogP contribution is -2.44. The number of rotatable bonds is 7. The first kappa shape index (κ1) is 17.6. The Morgan fingerprint density at radius 3 is 2.74 bits per heavy atom. The predicted octanol–water partition coefficient (Wildman–Crippen LogP) is -1.17. The standard InChI is InChI=1S/C15H22N2O6/c1-22-13-3-2-9(5-16-13)7-23-8-12(19)17-11-4-10(6-18)14(20)15(11)21/h2-3,5,10-11,14-15,18,20-21H,4,6-8H2,1H3,(H,17,19)/t10-,11-,14-,15+/m1/s1.